The van der Waals surface area contributed by atoms with E-state index in [1.54, 1.807) is 0 Å². The molecule has 0 aliphatic rings. The first-order valence-corrected chi connectivity index (χ1v) is 15.0. The van der Waals surface area contributed by atoms with Crippen molar-refractivity contribution in [1.82, 2.24) is 4.98 Å². The zero-order chi connectivity index (χ0) is 29.7. The number of para-hydroxylation sites is 1. The van der Waals surface area contributed by atoms with Gasteiger partial charge in [-0.3, -0.25) is 0 Å². The van der Waals surface area contributed by atoms with Crippen LogP contribution in [0.3, 0.4) is 0 Å². The molecule has 0 atom stereocenters. The van der Waals surface area contributed by atoms with Gasteiger partial charge < -0.3 is 13.7 Å². The average molecular weight is 579 g/mol. The summed E-state index contributed by atoms with van der Waals surface area (Å²) in [6.07, 6.45) is 0. The minimum atomic E-state index is 0.603. The summed E-state index contributed by atoms with van der Waals surface area (Å²) in [5.74, 6) is 0.603. The first-order valence-electron chi connectivity index (χ1n) is 15.0. The summed E-state index contributed by atoms with van der Waals surface area (Å²) in [7, 11) is 0. The molecular formula is C41H26N2O2. The normalized spacial score (nSPS) is 11.6. The molecule has 0 N–H and O–H groups in total. The maximum absolute atomic E-state index is 6.44. The first kappa shape index (κ1) is 25.4. The highest BCUT2D eigenvalue weighted by molar-refractivity contribution is 6.16. The van der Waals surface area contributed by atoms with Crippen molar-refractivity contribution in [2.24, 2.45) is 0 Å². The Bertz CT molecular complexity index is 2480. The third kappa shape index (κ3) is 4.35. The predicted molar refractivity (Wildman–Crippen MR) is 184 cm³/mol. The summed E-state index contributed by atoms with van der Waals surface area (Å²) < 4.78 is 12.8. The number of anilines is 3. The molecule has 0 fully saturated rings. The maximum Gasteiger partial charge on any atom is 0.227 e. The van der Waals surface area contributed by atoms with Crippen LogP contribution in [0.25, 0.3) is 66.4 Å². The minimum Gasteiger partial charge on any atom is -0.456 e. The van der Waals surface area contributed by atoms with Crippen LogP contribution in [0.2, 0.25) is 0 Å². The summed E-state index contributed by atoms with van der Waals surface area (Å²) >= 11 is 0. The van der Waals surface area contributed by atoms with Crippen LogP contribution in [0.15, 0.2) is 167 Å². The lowest BCUT2D eigenvalue weighted by molar-refractivity contribution is 0.622. The second-order valence-corrected chi connectivity index (χ2v) is 11.2. The molecule has 212 valence electrons. The Morgan fingerprint density at radius 2 is 1.13 bits per heavy atom. The number of nitrogens with zero attached hydrogens (tertiary/aromatic N) is 2. The van der Waals surface area contributed by atoms with Crippen molar-refractivity contribution in [1.29, 1.82) is 0 Å². The Morgan fingerprint density at radius 1 is 0.444 bits per heavy atom. The van der Waals surface area contributed by atoms with Gasteiger partial charge in [0.05, 0.1) is 5.39 Å². The number of oxazole rings is 1. The van der Waals surface area contributed by atoms with E-state index in [-0.39, 0.29) is 0 Å². The van der Waals surface area contributed by atoms with Crippen LogP contribution in [0, 0.1) is 0 Å². The second kappa shape index (κ2) is 10.2. The highest BCUT2D eigenvalue weighted by Crippen LogP contribution is 2.41. The molecular weight excluding hydrogens is 552 g/mol. The van der Waals surface area contributed by atoms with Crippen molar-refractivity contribution in [3.63, 3.8) is 0 Å². The molecule has 0 amide bonds. The van der Waals surface area contributed by atoms with Gasteiger partial charge in [0, 0.05) is 34.1 Å². The van der Waals surface area contributed by atoms with Crippen LogP contribution >= 0.6 is 0 Å². The smallest absolute Gasteiger partial charge is 0.227 e. The molecule has 45 heavy (non-hydrogen) atoms. The van der Waals surface area contributed by atoms with E-state index >= 15 is 0 Å². The fraction of sp³-hybridized carbons (Fsp3) is 0. The second-order valence-electron chi connectivity index (χ2n) is 11.2. The molecule has 0 unspecified atom stereocenters. The van der Waals surface area contributed by atoms with Gasteiger partial charge in [-0.25, -0.2) is 4.98 Å². The maximum atomic E-state index is 6.44. The van der Waals surface area contributed by atoms with Crippen molar-refractivity contribution in [2.45, 2.75) is 0 Å². The molecule has 4 nitrogen and oxygen atoms in total. The van der Waals surface area contributed by atoms with Crippen molar-refractivity contribution in [2.75, 3.05) is 4.90 Å². The first-order chi connectivity index (χ1) is 22.3. The number of benzene rings is 7. The van der Waals surface area contributed by atoms with Gasteiger partial charge in [-0.1, -0.05) is 84.9 Å². The zero-order valence-corrected chi connectivity index (χ0v) is 24.2. The van der Waals surface area contributed by atoms with E-state index < -0.39 is 0 Å². The van der Waals surface area contributed by atoms with Crippen LogP contribution < -0.4 is 4.90 Å². The largest absolute Gasteiger partial charge is 0.456 e. The van der Waals surface area contributed by atoms with Gasteiger partial charge in [-0.05, 0) is 88.6 Å². The Kier molecular flexibility index (Phi) is 5.78. The number of hydrogen-bond acceptors (Lipinski definition) is 4. The molecule has 0 saturated carbocycles. The fourth-order valence-electron chi connectivity index (χ4n) is 6.27. The van der Waals surface area contributed by atoms with Gasteiger partial charge in [0.25, 0.3) is 0 Å². The van der Waals surface area contributed by atoms with E-state index in [9.17, 15) is 0 Å². The fourth-order valence-corrected chi connectivity index (χ4v) is 6.27. The number of hydrogen-bond donors (Lipinski definition) is 0. The Labute approximate surface area is 259 Å². The minimum absolute atomic E-state index is 0.603. The third-order valence-corrected chi connectivity index (χ3v) is 8.48. The molecule has 0 bridgehead atoms. The molecule has 4 heteroatoms. The van der Waals surface area contributed by atoms with E-state index in [4.69, 9.17) is 13.8 Å². The van der Waals surface area contributed by atoms with Crippen molar-refractivity contribution in [3.8, 4) is 22.6 Å². The van der Waals surface area contributed by atoms with Gasteiger partial charge >= 0.3 is 0 Å². The van der Waals surface area contributed by atoms with E-state index in [1.807, 2.05) is 48.5 Å². The number of furan rings is 1. The molecule has 0 radical (unpaired) electrons. The molecule has 7 aromatic carbocycles. The zero-order valence-electron chi connectivity index (χ0n) is 24.2. The predicted octanol–water partition coefficient (Wildman–Crippen LogP) is 11.7. The summed E-state index contributed by atoms with van der Waals surface area (Å²) in [6, 6.07) is 54.6. The lowest BCUT2D eigenvalue weighted by Gasteiger charge is -2.25. The van der Waals surface area contributed by atoms with Crippen LogP contribution in [0.5, 0.6) is 0 Å². The average Bonchev–Trinajstić information content (AvgIpc) is 3.71. The highest BCUT2D eigenvalue weighted by atomic mass is 16.4. The Morgan fingerprint density at radius 3 is 1.96 bits per heavy atom. The lowest BCUT2D eigenvalue weighted by atomic mass is 10.0. The molecule has 2 heterocycles. The molecule has 0 saturated heterocycles. The number of aromatic nitrogens is 1. The van der Waals surface area contributed by atoms with E-state index in [2.05, 4.69) is 114 Å². The molecule has 9 rings (SSSR count). The molecule has 0 aliphatic carbocycles. The highest BCUT2D eigenvalue weighted by Gasteiger charge is 2.19. The van der Waals surface area contributed by atoms with Crippen molar-refractivity contribution < 1.29 is 8.83 Å². The third-order valence-electron chi connectivity index (χ3n) is 8.48. The Hall–Kier alpha value is -6.13. The molecule has 9 aromatic rings. The van der Waals surface area contributed by atoms with Crippen molar-refractivity contribution in [3.05, 3.63) is 158 Å². The van der Waals surface area contributed by atoms with Crippen LogP contribution in [0.4, 0.5) is 17.1 Å². The van der Waals surface area contributed by atoms with Gasteiger partial charge in [0.1, 0.15) is 16.7 Å². The van der Waals surface area contributed by atoms with Crippen LogP contribution in [-0.2, 0) is 0 Å². The van der Waals surface area contributed by atoms with E-state index in [0.717, 1.165) is 55.7 Å². The van der Waals surface area contributed by atoms with Gasteiger partial charge in [-0.15, -0.1) is 0 Å². The van der Waals surface area contributed by atoms with Gasteiger partial charge in [-0.2, -0.15) is 0 Å². The van der Waals surface area contributed by atoms with Gasteiger partial charge in [0.15, 0.2) is 5.58 Å². The monoisotopic (exact) mass is 578 g/mol. The molecule has 2 aromatic heterocycles. The Balaban J connectivity index is 1.14. The van der Waals surface area contributed by atoms with Crippen molar-refractivity contribution >= 4 is 60.9 Å². The van der Waals surface area contributed by atoms with Gasteiger partial charge in [0.2, 0.25) is 5.89 Å². The number of fused-ring (bicyclic) bond motifs is 6. The quantitative estimate of drug-likeness (QED) is 0.204. The lowest BCUT2D eigenvalue weighted by Crippen LogP contribution is -2.09. The summed E-state index contributed by atoms with van der Waals surface area (Å²) in [5, 5.41) is 4.42. The topological polar surface area (TPSA) is 42.4 Å². The van der Waals surface area contributed by atoms with E-state index in [1.165, 1.54) is 21.9 Å². The van der Waals surface area contributed by atoms with E-state index in [0.29, 0.717) is 5.89 Å². The number of rotatable bonds is 5. The summed E-state index contributed by atoms with van der Waals surface area (Å²) in [4.78, 5) is 7.03. The molecule has 0 spiro atoms. The molecule has 0 aliphatic heterocycles. The standard InChI is InChI=1S/C41H26N2O2/c1-3-10-29(11-4-1)41-42-36-23-24-37-39(40(36)45-41)35-22-21-34(26-38(35)44-37)43(32-13-5-2-6-14-32)33-19-17-28(18-20-33)31-16-15-27-9-7-8-12-30(27)25-31/h1-26H. The summed E-state index contributed by atoms with van der Waals surface area (Å²) in [6.45, 7) is 0. The van der Waals surface area contributed by atoms with Crippen LogP contribution in [-0.4, -0.2) is 4.98 Å². The SMILES string of the molecule is c1ccc(-c2nc3ccc4oc5cc(N(c6ccccc6)c6ccc(-c7ccc8ccccc8c7)cc6)ccc5c4c3o2)cc1. The van der Waals surface area contributed by atoms with Crippen LogP contribution in [0.1, 0.15) is 0 Å². The summed E-state index contributed by atoms with van der Waals surface area (Å²) in [5.41, 5.74) is 9.57.